The molecule has 0 saturated heterocycles. The summed E-state index contributed by atoms with van der Waals surface area (Å²) >= 11 is 7.39. The predicted molar refractivity (Wildman–Crippen MR) is 101 cm³/mol. The highest BCUT2D eigenvalue weighted by molar-refractivity contribution is 7.99. The van der Waals surface area contributed by atoms with Gasteiger partial charge in [0.05, 0.1) is 13.2 Å². The maximum absolute atomic E-state index is 11.9. The van der Waals surface area contributed by atoms with Crippen LogP contribution in [-0.2, 0) is 6.54 Å². The van der Waals surface area contributed by atoms with Crippen molar-refractivity contribution in [1.82, 2.24) is 14.8 Å². The minimum Gasteiger partial charge on any atom is -0.494 e. The predicted octanol–water partition coefficient (Wildman–Crippen LogP) is 3.83. The van der Waals surface area contributed by atoms with E-state index < -0.39 is 0 Å². The number of aromatic amines is 1. The van der Waals surface area contributed by atoms with E-state index in [4.69, 9.17) is 16.3 Å². The van der Waals surface area contributed by atoms with Gasteiger partial charge in [-0.1, -0.05) is 53.7 Å². The fraction of sp³-hybridized carbons (Fsp3) is 0.222. The van der Waals surface area contributed by atoms with Crippen molar-refractivity contribution >= 4 is 23.4 Å². The lowest BCUT2D eigenvalue weighted by molar-refractivity contribution is 0.318. The largest absolute Gasteiger partial charge is 0.494 e. The lowest BCUT2D eigenvalue weighted by atomic mass is 10.2. The van der Waals surface area contributed by atoms with Crippen LogP contribution in [0, 0.1) is 0 Å². The summed E-state index contributed by atoms with van der Waals surface area (Å²) in [6, 6.07) is 17.2. The fourth-order valence-corrected chi connectivity index (χ4v) is 3.25. The minimum absolute atomic E-state index is 0.191. The average molecular weight is 376 g/mol. The number of nitrogens with one attached hydrogen (secondary N) is 1. The summed E-state index contributed by atoms with van der Waals surface area (Å²) in [5.41, 5.74) is 0.877. The van der Waals surface area contributed by atoms with Crippen molar-refractivity contribution in [3.8, 4) is 5.75 Å². The first-order valence-corrected chi connectivity index (χ1v) is 9.29. The molecule has 0 atom stereocenters. The smallest absolute Gasteiger partial charge is 0.344 e. The Morgan fingerprint density at radius 1 is 1.12 bits per heavy atom. The van der Waals surface area contributed by atoms with Crippen LogP contribution >= 0.6 is 23.4 Å². The summed E-state index contributed by atoms with van der Waals surface area (Å²) in [5, 5.41) is 8.02. The zero-order valence-electron chi connectivity index (χ0n) is 13.5. The van der Waals surface area contributed by atoms with Gasteiger partial charge in [0, 0.05) is 10.8 Å². The van der Waals surface area contributed by atoms with Crippen molar-refractivity contribution < 1.29 is 4.74 Å². The van der Waals surface area contributed by atoms with Crippen LogP contribution in [0.15, 0.2) is 64.5 Å². The van der Waals surface area contributed by atoms with Gasteiger partial charge in [-0.25, -0.2) is 9.89 Å². The molecular weight excluding hydrogens is 358 g/mol. The third-order valence-electron chi connectivity index (χ3n) is 3.51. The number of ether oxygens (including phenoxy) is 1. The molecule has 130 valence electrons. The van der Waals surface area contributed by atoms with Crippen molar-refractivity contribution in [2.45, 2.75) is 18.1 Å². The standard InChI is InChI=1S/C18H18ClN3O2S/c19-15-7-9-16(10-8-15)24-11-4-12-25-18-21-20-17(23)22(18)13-14-5-2-1-3-6-14/h1-3,5-10H,4,11-13H2,(H,20,23). The summed E-state index contributed by atoms with van der Waals surface area (Å²) in [6.07, 6.45) is 0.847. The Morgan fingerprint density at radius 2 is 1.88 bits per heavy atom. The Balaban J connectivity index is 1.48. The van der Waals surface area contributed by atoms with Crippen LogP contribution in [0.4, 0.5) is 0 Å². The summed E-state index contributed by atoms with van der Waals surface area (Å²) in [7, 11) is 0. The summed E-state index contributed by atoms with van der Waals surface area (Å²) in [4.78, 5) is 11.9. The molecule has 3 aromatic rings. The van der Waals surface area contributed by atoms with Gasteiger partial charge in [0.15, 0.2) is 5.16 Å². The lowest BCUT2D eigenvalue weighted by Gasteiger charge is -2.07. The quantitative estimate of drug-likeness (QED) is 0.480. The van der Waals surface area contributed by atoms with E-state index in [2.05, 4.69) is 10.2 Å². The van der Waals surface area contributed by atoms with Crippen LogP contribution in [0.5, 0.6) is 5.75 Å². The van der Waals surface area contributed by atoms with E-state index in [0.29, 0.717) is 23.3 Å². The minimum atomic E-state index is -0.191. The topological polar surface area (TPSA) is 59.9 Å². The van der Waals surface area contributed by atoms with Crippen LogP contribution in [0.25, 0.3) is 0 Å². The highest BCUT2D eigenvalue weighted by Crippen LogP contribution is 2.18. The fourth-order valence-electron chi connectivity index (χ4n) is 2.26. The van der Waals surface area contributed by atoms with E-state index in [-0.39, 0.29) is 5.69 Å². The normalized spacial score (nSPS) is 10.8. The third-order valence-corrected chi connectivity index (χ3v) is 4.82. The molecule has 0 aliphatic rings. The first-order chi connectivity index (χ1) is 12.2. The second-order valence-corrected chi connectivity index (χ2v) is 6.89. The van der Waals surface area contributed by atoms with Crippen LogP contribution in [0.2, 0.25) is 5.02 Å². The van der Waals surface area contributed by atoms with Gasteiger partial charge in [-0.2, -0.15) is 0 Å². The summed E-state index contributed by atoms with van der Waals surface area (Å²) in [6.45, 7) is 1.11. The maximum atomic E-state index is 11.9. The number of halogens is 1. The molecule has 7 heteroatoms. The van der Waals surface area contributed by atoms with Gasteiger partial charge < -0.3 is 4.74 Å². The molecule has 5 nitrogen and oxygen atoms in total. The monoisotopic (exact) mass is 375 g/mol. The van der Waals surface area contributed by atoms with Crippen molar-refractivity contribution in [2.24, 2.45) is 0 Å². The molecule has 25 heavy (non-hydrogen) atoms. The van der Waals surface area contributed by atoms with E-state index in [0.717, 1.165) is 23.5 Å². The number of hydrogen-bond acceptors (Lipinski definition) is 4. The Bertz CT molecular complexity index is 847. The number of hydrogen-bond donors (Lipinski definition) is 1. The number of nitrogens with zero attached hydrogens (tertiary/aromatic N) is 2. The molecule has 0 aliphatic carbocycles. The molecule has 3 rings (SSSR count). The van der Waals surface area contributed by atoms with E-state index in [1.807, 2.05) is 42.5 Å². The first-order valence-electron chi connectivity index (χ1n) is 7.92. The molecular formula is C18H18ClN3O2S. The highest BCUT2D eigenvalue weighted by atomic mass is 35.5. The molecule has 0 saturated carbocycles. The van der Waals surface area contributed by atoms with Crippen LogP contribution in [0.3, 0.4) is 0 Å². The third kappa shape index (κ3) is 5.14. The number of aromatic nitrogens is 3. The molecule has 0 spiro atoms. The molecule has 0 radical (unpaired) electrons. The van der Waals surface area contributed by atoms with E-state index in [1.54, 1.807) is 28.5 Å². The Hall–Kier alpha value is -2.18. The highest BCUT2D eigenvalue weighted by Gasteiger charge is 2.09. The maximum Gasteiger partial charge on any atom is 0.344 e. The molecule has 2 aromatic carbocycles. The van der Waals surface area contributed by atoms with Crippen LogP contribution in [0.1, 0.15) is 12.0 Å². The van der Waals surface area contributed by atoms with E-state index >= 15 is 0 Å². The second kappa shape index (κ2) is 8.78. The second-order valence-electron chi connectivity index (χ2n) is 5.39. The van der Waals surface area contributed by atoms with Crippen molar-refractivity contribution in [3.05, 3.63) is 75.7 Å². The van der Waals surface area contributed by atoms with Crippen LogP contribution < -0.4 is 10.4 Å². The lowest BCUT2D eigenvalue weighted by Crippen LogP contribution is -2.18. The van der Waals surface area contributed by atoms with Gasteiger partial charge in [-0.15, -0.1) is 5.10 Å². The van der Waals surface area contributed by atoms with Crippen molar-refractivity contribution in [1.29, 1.82) is 0 Å². The number of thioether (sulfide) groups is 1. The van der Waals surface area contributed by atoms with Gasteiger partial charge in [0.25, 0.3) is 0 Å². The van der Waals surface area contributed by atoms with Gasteiger partial charge in [-0.3, -0.25) is 4.57 Å². The molecule has 0 unspecified atom stereocenters. The van der Waals surface area contributed by atoms with Crippen LogP contribution in [-0.4, -0.2) is 27.1 Å². The molecule has 1 N–H and O–H groups in total. The van der Waals surface area contributed by atoms with Gasteiger partial charge >= 0.3 is 5.69 Å². The van der Waals surface area contributed by atoms with Gasteiger partial charge in [0.2, 0.25) is 0 Å². The van der Waals surface area contributed by atoms with Gasteiger partial charge in [0.1, 0.15) is 5.75 Å². The molecule has 1 heterocycles. The first kappa shape index (κ1) is 17.6. The zero-order chi connectivity index (χ0) is 17.5. The van der Waals surface area contributed by atoms with Gasteiger partial charge in [-0.05, 0) is 36.2 Å². The van der Waals surface area contributed by atoms with E-state index in [9.17, 15) is 4.79 Å². The Labute approximate surface area is 155 Å². The Kier molecular flexibility index (Phi) is 6.19. The molecule has 0 bridgehead atoms. The molecule has 0 amide bonds. The van der Waals surface area contributed by atoms with E-state index in [1.165, 1.54) is 0 Å². The SMILES string of the molecule is O=c1[nH]nc(SCCCOc2ccc(Cl)cc2)n1Cc1ccccc1. The zero-order valence-corrected chi connectivity index (χ0v) is 15.1. The number of rotatable bonds is 8. The number of H-pyrrole nitrogens is 1. The molecule has 1 aromatic heterocycles. The molecule has 0 fully saturated rings. The summed E-state index contributed by atoms with van der Waals surface area (Å²) in [5.74, 6) is 1.61. The molecule has 0 aliphatic heterocycles. The van der Waals surface area contributed by atoms with Crippen molar-refractivity contribution in [3.63, 3.8) is 0 Å². The van der Waals surface area contributed by atoms with Crippen molar-refractivity contribution in [2.75, 3.05) is 12.4 Å². The number of benzene rings is 2. The Morgan fingerprint density at radius 3 is 2.64 bits per heavy atom. The summed E-state index contributed by atoms with van der Waals surface area (Å²) < 4.78 is 7.31. The average Bonchev–Trinajstić information content (AvgIpc) is 2.97.